The molecule has 2 aromatic heterocycles. The second-order valence-corrected chi connectivity index (χ2v) is 6.73. The van der Waals surface area contributed by atoms with E-state index < -0.39 is 5.25 Å². The van der Waals surface area contributed by atoms with Crippen LogP contribution in [0.15, 0.2) is 40.4 Å². The molecule has 0 aliphatic heterocycles. The molecule has 0 aliphatic carbocycles. The van der Waals surface area contributed by atoms with Crippen LogP contribution in [0.2, 0.25) is 0 Å². The lowest BCUT2D eigenvalue weighted by atomic mass is 10.2. The van der Waals surface area contributed by atoms with Crippen molar-refractivity contribution in [1.29, 1.82) is 0 Å². The monoisotopic (exact) mass is 358 g/mol. The molecule has 3 rings (SSSR count). The van der Waals surface area contributed by atoms with Crippen LogP contribution in [0.25, 0.3) is 16.7 Å². The van der Waals surface area contributed by atoms with Crippen molar-refractivity contribution in [2.24, 2.45) is 0 Å². The summed E-state index contributed by atoms with van der Waals surface area (Å²) in [4.78, 5) is 31.3. The van der Waals surface area contributed by atoms with Crippen LogP contribution >= 0.6 is 11.8 Å². The molecular formula is C17H18N4O3S. The standard InChI is InChI=1S/C17H18N4O3S/c1-4-13(16(23)24-3)25-17-19-14-12(15(22)20-17)9-18-21(14)11-7-5-10(2)6-8-11/h5-9,13H,4H2,1-3H3,(H,19,20,22)/t13-/m1/s1. The minimum absolute atomic E-state index is 0.286. The molecule has 0 unspecified atom stereocenters. The maximum Gasteiger partial charge on any atom is 0.319 e. The fraction of sp³-hybridized carbons (Fsp3) is 0.294. The van der Waals surface area contributed by atoms with Gasteiger partial charge in [0.2, 0.25) is 0 Å². The lowest BCUT2D eigenvalue weighted by molar-refractivity contribution is -0.140. The number of carbonyl (C=O) groups excluding carboxylic acids is 1. The largest absolute Gasteiger partial charge is 0.468 e. The van der Waals surface area contributed by atoms with Gasteiger partial charge in [0.05, 0.1) is 19.0 Å². The van der Waals surface area contributed by atoms with E-state index in [9.17, 15) is 9.59 Å². The lowest BCUT2D eigenvalue weighted by Crippen LogP contribution is -2.19. The first-order valence-corrected chi connectivity index (χ1v) is 8.71. The van der Waals surface area contributed by atoms with Crippen molar-refractivity contribution in [2.75, 3.05) is 7.11 Å². The molecule has 2 heterocycles. The number of aromatic amines is 1. The van der Waals surface area contributed by atoms with Crippen LogP contribution in [-0.4, -0.2) is 38.1 Å². The zero-order valence-corrected chi connectivity index (χ0v) is 15.0. The molecule has 25 heavy (non-hydrogen) atoms. The highest BCUT2D eigenvalue weighted by atomic mass is 32.2. The van der Waals surface area contributed by atoms with Crippen molar-refractivity contribution in [2.45, 2.75) is 30.7 Å². The smallest absolute Gasteiger partial charge is 0.319 e. The van der Waals surface area contributed by atoms with Crippen LogP contribution in [0.1, 0.15) is 18.9 Å². The van der Waals surface area contributed by atoms with Crippen molar-refractivity contribution in [3.05, 3.63) is 46.4 Å². The molecular weight excluding hydrogens is 340 g/mol. The van der Waals surface area contributed by atoms with Crippen LogP contribution in [0.5, 0.6) is 0 Å². The second kappa shape index (κ2) is 7.10. The third-order valence-corrected chi connectivity index (χ3v) is 5.01. The molecule has 0 radical (unpaired) electrons. The zero-order valence-electron chi connectivity index (χ0n) is 14.1. The van der Waals surface area contributed by atoms with Crippen LogP contribution in [-0.2, 0) is 9.53 Å². The first kappa shape index (κ1) is 17.2. The predicted octanol–water partition coefficient (Wildman–Crippen LogP) is 2.46. The average Bonchev–Trinajstić information content (AvgIpc) is 3.04. The number of thioether (sulfide) groups is 1. The Morgan fingerprint density at radius 2 is 2.08 bits per heavy atom. The van der Waals surface area contributed by atoms with Gasteiger partial charge in [-0.3, -0.25) is 9.59 Å². The Balaban J connectivity index is 2.05. The number of nitrogens with one attached hydrogen (secondary N) is 1. The number of rotatable bonds is 5. The van der Waals surface area contributed by atoms with Crippen molar-refractivity contribution < 1.29 is 9.53 Å². The Kier molecular flexibility index (Phi) is 4.89. The van der Waals surface area contributed by atoms with E-state index in [4.69, 9.17) is 4.74 Å². The Morgan fingerprint density at radius 3 is 2.72 bits per heavy atom. The van der Waals surface area contributed by atoms with Crippen molar-refractivity contribution in [1.82, 2.24) is 19.7 Å². The molecule has 1 N–H and O–H groups in total. The fourth-order valence-electron chi connectivity index (χ4n) is 2.39. The first-order valence-electron chi connectivity index (χ1n) is 7.83. The number of aryl methyl sites for hydroxylation is 1. The number of H-pyrrole nitrogens is 1. The van der Waals surface area contributed by atoms with Gasteiger partial charge >= 0.3 is 5.97 Å². The zero-order chi connectivity index (χ0) is 18.0. The van der Waals surface area contributed by atoms with E-state index in [2.05, 4.69) is 15.1 Å². The van der Waals surface area contributed by atoms with Crippen molar-refractivity contribution in [3.8, 4) is 5.69 Å². The number of methoxy groups -OCH3 is 1. The molecule has 0 spiro atoms. The Labute approximate surface area is 148 Å². The number of ether oxygens (including phenoxy) is 1. The number of esters is 1. The summed E-state index contributed by atoms with van der Waals surface area (Å²) >= 11 is 1.18. The Bertz CT molecular complexity index is 962. The van der Waals surface area contributed by atoms with E-state index in [-0.39, 0.29) is 11.5 Å². The molecule has 3 aromatic rings. The summed E-state index contributed by atoms with van der Waals surface area (Å²) in [6, 6.07) is 7.77. The normalized spacial score (nSPS) is 12.3. The highest BCUT2D eigenvalue weighted by molar-refractivity contribution is 8.00. The Morgan fingerprint density at radius 1 is 1.36 bits per heavy atom. The highest BCUT2D eigenvalue weighted by Gasteiger charge is 2.21. The highest BCUT2D eigenvalue weighted by Crippen LogP contribution is 2.24. The number of hydrogen-bond donors (Lipinski definition) is 1. The molecule has 1 aromatic carbocycles. The molecule has 0 aliphatic rings. The number of carbonyl (C=O) groups is 1. The van der Waals surface area contributed by atoms with Gasteiger partial charge < -0.3 is 9.72 Å². The number of aromatic nitrogens is 4. The fourth-order valence-corrected chi connectivity index (χ4v) is 3.31. The number of benzene rings is 1. The van der Waals surface area contributed by atoms with Gasteiger partial charge in [0.15, 0.2) is 10.8 Å². The van der Waals surface area contributed by atoms with Crippen LogP contribution in [0, 0.1) is 6.92 Å². The van der Waals surface area contributed by atoms with Crippen LogP contribution in [0.4, 0.5) is 0 Å². The molecule has 0 bridgehead atoms. The number of fused-ring (bicyclic) bond motifs is 1. The number of hydrogen-bond acceptors (Lipinski definition) is 6. The van der Waals surface area contributed by atoms with E-state index in [1.54, 1.807) is 4.68 Å². The maximum absolute atomic E-state index is 12.3. The van der Waals surface area contributed by atoms with E-state index in [1.165, 1.54) is 25.1 Å². The summed E-state index contributed by atoms with van der Waals surface area (Å²) in [5.41, 5.74) is 2.11. The van der Waals surface area contributed by atoms with Gasteiger partial charge in [-0.05, 0) is 25.5 Å². The van der Waals surface area contributed by atoms with Crippen molar-refractivity contribution in [3.63, 3.8) is 0 Å². The summed E-state index contributed by atoms with van der Waals surface area (Å²) in [6.45, 7) is 3.88. The molecule has 1 atom stereocenters. The summed E-state index contributed by atoms with van der Waals surface area (Å²) in [7, 11) is 1.34. The van der Waals surface area contributed by atoms with Crippen LogP contribution < -0.4 is 5.56 Å². The minimum atomic E-state index is -0.429. The quantitative estimate of drug-likeness (QED) is 0.428. The SMILES string of the molecule is CC[C@@H](Sc1nc2c(cnn2-c2ccc(C)cc2)c(=O)[nH]1)C(=O)OC. The van der Waals surface area contributed by atoms with Gasteiger partial charge in [-0.1, -0.05) is 36.4 Å². The maximum atomic E-state index is 12.3. The molecule has 0 fully saturated rings. The predicted molar refractivity (Wildman–Crippen MR) is 96.2 cm³/mol. The summed E-state index contributed by atoms with van der Waals surface area (Å²) in [6.07, 6.45) is 2.06. The van der Waals surface area contributed by atoms with Gasteiger partial charge in [0, 0.05) is 0 Å². The molecule has 130 valence electrons. The third-order valence-electron chi connectivity index (χ3n) is 3.78. The second-order valence-electron chi connectivity index (χ2n) is 5.54. The average molecular weight is 358 g/mol. The van der Waals surface area contributed by atoms with E-state index >= 15 is 0 Å². The van der Waals surface area contributed by atoms with Crippen LogP contribution in [0.3, 0.4) is 0 Å². The lowest BCUT2D eigenvalue weighted by Gasteiger charge is -2.11. The van der Waals surface area contributed by atoms with E-state index in [0.29, 0.717) is 22.6 Å². The molecule has 0 saturated carbocycles. The third kappa shape index (κ3) is 3.43. The molecule has 0 amide bonds. The van der Waals surface area contributed by atoms with Gasteiger partial charge in [-0.25, -0.2) is 9.67 Å². The molecule has 8 heteroatoms. The number of nitrogens with zero attached hydrogens (tertiary/aromatic N) is 3. The summed E-state index contributed by atoms with van der Waals surface area (Å²) < 4.78 is 6.40. The van der Waals surface area contributed by atoms with Gasteiger partial charge in [-0.15, -0.1) is 0 Å². The topological polar surface area (TPSA) is 89.9 Å². The van der Waals surface area contributed by atoms with E-state index in [1.807, 2.05) is 38.1 Å². The minimum Gasteiger partial charge on any atom is -0.468 e. The van der Waals surface area contributed by atoms with Gasteiger partial charge in [0.25, 0.3) is 5.56 Å². The molecule has 7 nitrogen and oxygen atoms in total. The first-order chi connectivity index (χ1) is 12.0. The van der Waals surface area contributed by atoms with Gasteiger partial charge in [0.1, 0.15) is 10.6 Å². The van der Waals surface area contributed by atoms with Crippen molar-refractivity contribution >= 4 is 28.8 Å². The Hall–Kier alpha value is -2.61. The molecule has 0 saturated heterocycles. The van der Waals surface area contributed by atoms with E-state index in [0.717, 1.165) is 11.3 Å². The van der Waals surface area contributed by atoms with Gasteiger partial charge in [-0.2, -0.15) is 5.10 Å². The summed E-state index contributed by atoms with van der Waals surface area (Å²) in [5.74, 6) is -0.345. The summed E-state index contributed by atoms with van der Waals surface area (Å²) in [5, 5.41) is 4.62.